The first-order valence-corrected chi connectivity index (χ1v) is 9.33. The molecule has 1 unspecified atom stereocenters. The van der Waals surface area contributed by atoms with Gasteiger partial charge in [-0.3, -0.25) is 4.40 Å². The fourth-order valence-corrected chi connectivity index (χ4v) is 3.64. The van der Waals surface area contributed by atoms with Crippen molar-refractivity contribution in [2.24, 2.45) is 0 Å². The smallest absolute Gasteiger partial charge is 0.354 e. The molecule has 4 aromatic heterocycles. The molecule has 5 heterocycles. The van der Waals surface area contributed by atoms with Crippen LogP contribution in [-0.2, 0) is 6.18 Å². The zero-order valence-corrected chi connectivity index (χ0v) is 15.6. The molecule has 0 saturated carbocycles. The molecule has 30 heavy (non-hydrogen) atoms. The minimum Gasteiger partial charge on any atom is -0.354 e. The maximum absolute atomic E-state index is 13.1. The Kier molecular flexibility index (Phi) is 4.33. The molecule has 154 valence electrons. The summed E-state index contributed by atoms with van der Waals surface area (Å²) in [5.74, 6) is 0.993. The molecule has 0 bridgehead atoms. The first-order valence-electron chi connectivity index (χ1n) is 9.33. The second-order valence-corrected chi connectivity index (χ2v) is 7.01. The molecule has 9 nitrogen and oxygen atoms in total. The molecule has 1 aliphatic heterocycles. The Labute approximate surface area is 168 Å². The maximum atomic E-state index is 13.1. The van der Waals surface area contributed by atoms with Gasteiger partial charge in [0.1, 0.15) is 11.5 Å². The molecule has 0 aromatic carbocycles. The molecule has 12 heteroatoms. The van der Waals surface area contributed by atoms with Crippen molar-refractivity contribution in [2.45, 2.75) is 25.1 Å². The number of rotatable bonds is 3. The van der Waals surface area contributed by atoms with Crippen LogP contribution in [0.2, 0.25) is 0 Å². The molecule has 0 radical (unpaired) electrons. The van der Waals surface area contributed by atoms with E-state index in [2.05, 4.69) is 35.1 Å². The second kappa shape index (κ2) is 7.04. The summed E-state index contributed by atoms with van der Waals surface area (Å²) in [4.78, 5) is 18.5. The van der Waals surface area contributed by atoms with E-state index < -0.39 is 11.9 Å². The summed E-state index contributed by atoms with van der Waals surface area (Å²) >= 11 is 0. The Balaban J connectivity index is 1.48. The number of nitrogens with zero attached hydrogens (tertiary/aromatic N) is 9. The average Bonchev–Trinajstić information content (AvgIpc) is 3.43. The highest BCUT2D eigenvalue weighted by atomic mass is 19.4. The van der Waals surface area contributed by atoms with Gasteiger partial charge >= 0.3 is 6.18 Å². The third kappa shape index (κ3) is 3.33. The van der Waals surface area contributed by atoms with Crippen LogP contribution >= 0.6 is 0 Å². The molecular formula is C18H16F3N9. The number of piperidine rings is 1. The Morgan fingerprint density at radius 2 is 1.97 bits per heavy atom. The van der Waals surface area contributed by atoms with Crippen molar-refractivity contribution in [3.05, 3.63) is 48.9 Å². The SMILES string of the molecule is FC(F)(F)c1cn2c(-c3nccc(N4CCCC(n5ccnn5)C4)n3)cnc2cn1. The van der Waals surface area contributed by atoms with E-state index >= 15 is 0 Å². The fourth-order valence-electron chi connectivity index (χ4n) is 3.64. The summed E-state index contributed by atoms with van der Waals surface area (Å²) in [6, 6.07) is 1.97. The lowest BCUT2D eigenvalue weighted by molar-refractivity contribution is -0.141. The highest BCUT2D eigenvalue weighted by Crippen LogP contribution is 2.29. The van der Waals surface area contributed by atoms with Crippen molar-refractivity contribution in [1.82, 2.24) is 39.3 Å². The van der Waals surface area contributed by atoms with Crippen molar-refractivity contribution in [1.29, 1.82) is 0 Å². The van der Waals surface area contributed by atoms with Crippen LogP contribution in [0, 0.1) is 0 Å². The summed E-state index contributed by atoms with van der Waals surface area (Å²) < 4.78 is 42.4. The van der Waals surface area contributed by atoms with Crippen molar-refractivity contribution >= 4 is 11.5 Å². The number of halogens is 3. The van der Waals surface area contributed by atoms with E-state index in [0.717, 1.165) is 31.8 Å². The predicted octanol–water partition coefficient (Wildman–Crippen LogP) is 2.64. The summed E-state index contributed by atoms with van der Waals surface area (Å²) in [6.07, 6.45) is 5.92. The molecule has 0 spiro atoms. The van der Waals surface area contributed by atoms with Crippen molar-refractivity contribution in [3.8, 4) is 11.5 Å². The first-order chi connectivity index (χ1) is 14.5. The van der Waals surface area contributed by atoms with E-state index in [0.29, 0.717) is 23.9 Å². The monoisotopic (exact) mass is 415 g/mol. The van der Waals surface area contributed by atoms with Crippen LogP contribution in [0.1, 0.15) is 24.6 Å². The molecule has 0 amide bonds. The number of fused-ring (bicyclic) bond motifs is 1. The van der Waals surface area contributed by atoms with Gasteiger partial charge in [-0.1, -0.05) is 5.21 Å². The van der Waals surface area contributed by atoms with Crippen molar-refractivity contribution < 1.29 is 13.2 Å². The van der Waals surface area contributed by atoms with Gasteiger partial charge in [-0.25, -0.2) is 24.6 Å². The summed E-state index contributed by atoms with van der Waals surface area (Å²) in [7, 11) is 0. The minimum atomic E-state index is -4.55. The Morgan fingerprint density at radius 1 is 1.07 bits per heavy atom. The third-order valence-electron chi connectivity index (χ3n) is 5.09. The maximum Gasteiger partial charge on any atom is 0.434 e. The van der Waals surface area contributed by atoms with Gasteiger partial charge < -0.3 is 4.90 Å². The standard InChI is InChI=1S/C18H16F3N9/c19-18(20,21)14-11-29-13(8-24-16(29)9-23-14)17-22-4-3-15(26-17)28-6-1-2-12(10-28)30-7-5-25-27-30/h3-5,7-9,11-12H,1-2,6,10H2. The first kappa shape index (κ1) is 18.5. The van der Waals surface area contributed by atoms with E-state index in [9.17, 15) is 13.2 Å². The lowest BCUT2D eigenvalue weighted by Gasteiger charge is -2.33. The fraction of sp³-hybridized carbons (Fsp3) is 0.333. The lowest BCUT2D eigenvalue weighted by Crippen LogP contribution is -2.37. The molecular weight excluding hydrogens is 399 g/mol. The van der Waals surface area contributed by atoms with E-state index in [-0.39, 0.29) is 11.7 Å². The van der Waals surface area contributed by atoms with Crippen LogP contribution in [0.3, 0.4) is 0 Å². The van der Waals surface area contributed by atoms with Crippen LogP contribution < -0.4 is 4.90 Å². The zero-order valence-electron chi connectivity index (χ0n) is 15.6. The molecule has 5 rings (SSSR count). The summed E-state index contributed by atoms with van der Waals surface area (Å²) in [6.45, 7) is 1.52. The van der Waals surface area contributed by atoms with Crippen LogP contribution in [0.15, 0.2) is 43.2 Å². The van der Waals surface area contributed by atoms with Gasteiger partial charge in [-0.05, 0) is 18.9 Å². The average molecular weight is 415 g/mol. The Morgan fingerprint density at radius 3 is 2.77 bits per heavy atom. The molecule has 1 saturated heterocycles. The van der Waals surface area contributed by atoms with Gasteiger partial charge in [0.15, 0.2) is 17.2 Å². The normalized spacial score (nSPS) is 17.6. The van der Waals surface area contributed by atoms with Crippen molar-refractivity contribution in [2.75, 3.05) is 18.0 Å². The van der Waals surface area contributed by atoms with E-state index in [1.165, 1.54) is 10.6 Å². The van der Waals surface area contributed by atoms with Gasteiger partial charge in [-0.15, -0.1) is 5.10 Å². The number of hydrogen-bond acceptors (Lipinski definition) is 7. The van der Waals surface area contributed by atoms with Crippen LogP contribution in [0.4, 0.5) is 19.0 Å². The molecule has 1 aliphatic rings. The second-order valence-electron chi connectivity index (χ2n) is 7.01. The minimum absolute atomic E-state index is 0.177. The largest absolute Gasteiger partial charge is 0.434 e. The molecule has 0 aliphatic carbocycles. The summed E-state index contributed by atoms with van der Waals surface area (Å²) in [5, 5.41) is 7.96. The van der Waals surface area contributed by atoms with Gasteiger partial charge in [0.05, 0.1) is 24.6 Å². The third-order valence-corrected chi connectivity index (χ3v) is 5.09. The number of alkyl halides is 3. The Bertz CT molecular complexity index is 1170. The lowest BCUT2D eigenvalue weighted by atomic mass is 10.1. The number of anilines is 1. The van der Waals surface area contributed by atoms with Gasteiger partial charge in [-0.2, -0.15) is 13.2 Å². The van der Waals surface area contributed by atoms with Gasteiger partial charge in [0.2, 0.25) is 0 Å². The number of hydrogen-bond donors (Lipinski definition) is 0. The number of imidazole rings is 1. The summed E-state index contributed by atoms with van der Waals surface area (Å²) in [5.41, 5.74) is -0.349. The van der Waals surface area contributed by atoms with Crippen LogP contribution in [0.5, 0.6) is 0 Å². The highest BCUT2D eigenvalue weighted by molar-refractivity contribution is 5.58. The molecule has 0 N–H and O–H groups in total. The number of aromatic nitrogens is 8. The molecule has 1 fully saturated rings. The topological polar surface area (TPSA) is 89.9 Å². The predicted molar refractivity (Wildman–Crippen MR) is 99.5 cm³/mol. The van der Waals surface area contributed by atoms with E-state index in [4.69, 9.17) is 0 Å². The highest BCUT2D eigenvalue weighted by Gasteiger charge is 2.33. The quantitative estimate of drug-likeness (QED) is 0.508. The zero-order chi connectivity index (χ0) is 20.7. The molecule has 4 aromatic rings. The van der Waals surface area contributed by atoms with E-state index in [1.54, 1.807) is 18.5 Å². The van der Waals surface area contributed by atoms with Crippen LogP contribution in [0.25, 0.3) is 17.2 Å². The van der Waals surface area contributed by atoms with Gasteiger partial charge in [0, 0.05) is 31.7 Å². The van der Waals surface area contributed by atoms with Crippen LogP contribution in [-0.4, -0.2) is 52.4 Å². The van der Waals surface area contributed by atoms with Crippen molar-refractivity contribution in [3.63, 3.8) is 0 Å². The van der Waals surface area contributed by atoms with E-state index in [1.807, 2.05) is 10.9 Å². The van der Waals surface area contributed by atoms with Gasteiger partial charge in [0.25, 0.3) is 0 Å². The molecule has 1 atom stereocenters. The Hall–Kier alpha value is -3.57.